The molecule has 0 atom stereocenters. The molecular formula is C14H20ClN3. The Bertz CT molecular complexity index is 409. The van der Waals surface area contributed by atoms with Crippen LogP contribution < -0.4 is 5.73 Å². The van der Waals surface area contributed by atoms with Crippen molar-refractivity contribution in [1.29, 1.82) is 0 Å². The molecule has 0 saturated carbocycles. The van der Waals surface area contributed by atoms with Crippen LogP contribution in [0.15, 0.2) is 29.3 Å². The standard InChI is InChI=1S/C14H20ClN3/c15-13-8-4-3-7-12(13)11-17-14(16)18-9-5-1-2-6-10-18/h3-4,7-8H,1-2,5-6,9-11H2,(H2,16,17). The second-order valence-electron chi connectivity index (χ2n) is 4.67. The van der Waals surface area contributed by atoms with Gasteiger partial charge in [-0.1, -0.05) is 42.6 Å². The van der Waals surface area contributed by atoms with E-state index in [1.807, 2.05) is 24.3 Å². The molecular weight excluding hydrogens is 246 g/mol. The zero-order valence-corrected chi connectivity index (χ0v) is 11.4. The Morgan fingerprint density at radius 1 is 1.17 bits per heavy atom. The summed E-state index contributed by atoms with van der Waals surface area (Å²) in [5.41, 5.74) is 7.07. The number of halogens is 1. The van der Waals surface area contributed by atoms with Crippen LogP contribution in [0.25, 0.3) is 0 Å². The van der Waals surface area contributed by atoms with Crippen molar-refractivity contribution in [2.45, 2.75) is 32.2 Å². The Hall–Kier alpha value is -1.22. The molecule has 0 aliphatic carbocycles. The summed E-state index contributed by atoms with van der Waals surface area (Å²) in [5.74, 6) is 0.650. The van der Waals surface area contributed by atoms with E-state index in [9.17, 15) is 0 Å². The first-order valence-electron chi connectivity index (χ1n) is 6.55. The van der Waals surface area contributed by atoms with Crippen LogP contribution in [0, 0.1) is 0 Å². The fourth-order valence-corrected chi connectivity index (χ4v) is 2.39. The van der Waals surface area contributed by atoms with Crippen LogP contribution in [0.2, 0.25) is 5.02 Å². The van der Waals surface area contributed by atoms with Gasteiger partial charge in [0, 0.05) is 18.1 Å². The monoisotopic (exact) mass is 265 g/mol. The summed E-state index contributed by atoms with van der Waals surface area (Å²) in [6, 6.07) is 7.77. The molecule has 0 bridgehead atoms. The largest absolute Gasteiger partial charge is 0.370 e. The van der Waals surface area contributed by atoms with Gasteiger partial charge in [0.15, 0.2) is 5.96 Å². The Labute approximate surface area is 114 Å². The Balaban J connectivity index is 1.97. The summed E-state index contributed by atoms with van der Waals surface area (Å²) in [6.07, 6.45) is 5.02. The molecule has 0 unspecified atom stereocenters. The van der Waals surface area contributed by atoms with Crippen LogP contribution in [0.5, 0.6) is 0 Å². The van der Waals surface area contributed by atoms with E-state index in [4.69, 9.17) is 17.3 Å². The fourth-order valence-electron chi connectivity index (χ4n) is 2.19. The number of benzene rings is 1. The summed E-state index contributed by atoms with van der Waals surface area (Å²) >= 11 is 6.10. The van der Waals surface area contributed by atoms with Gasteiger partial charge in [0.1, 0.15) is 0 Å². The van der Waals surface area contributed by atoms with Crippen LogP contribution in [0.4, 0.5) is 0 Å². The van der Waals surface area contributed by atoms with E-state index in [0.29, 0.717) is 12.5 Å². The third-order valence-corrected chi connectivity index (χ3v) is 3.67. The van der Waals surface area contributed by atoms with Crippen molar-refractivity contribution >= 4 is 17.6 Å². The van der Waals surface area contributed by atoms with Gasteiger partial charge in [0.2, 0.25) is 0 Å². The van der Waals surface area contributed by atoms with Crippen LogP contribution in [0.3, 0.4) is 0 Å². The summed E-state index contributed by atoms with van der Waals surface area (Å²) in [7, 11) is 0. The smallest absolute Gasteiger partial charge is 0.191 e. The second kappa shape index (κ2) is 6.64. The van der Waals surface area contributed by atoms with E-state index < -0.39 is 0 Å². The van der Waals surface area contributed by atoms with Crippen molar-refractivity contribution in [2.75, 3.05) is 13.1 Å². The molecule has 2 N–H and O–H groups in total. The molecule has 1 aromatic carbocycles. The number of guanidine groups is 1. The highest BCUT2D eigenvalue weighted by molar-refractivity contribution is 6.31. The lowest BCUT2D eigenvalue weighted by Crippen LogP contribution is -2.38. The number of hydrogen-bond donors (Lipinski definition) is 1. The molecule has 1 aromatic rings. The molecule has 98 valence electrons. The first-order valence-corrected chi connectivity index (χ1v) is 6.93. The van der Waals surface area contributed by atoms with Crippen LogP contribution in [-0.4, -0.2) is 23.9 Å². The van der Waals surface area contributed by atoms with E-state index in [1.165, 1.54) is 25.7 Å². The van der Waals surface area contributed by atoms with Gasteiger partial charge >= 0.3 is 0 Å². The topological polar surface area (TPSA) is 41.6 Å². The van der Waals surface area contributed by atoms with Crippen molar-refractivity contribution in [3.8, 4) is 0 Å². The van der Waals surface area contributed by atoms with Crippen LogP contribution in [0.1, 0.15) is 31.2 Å². The van der Waals surface area contributed by atoms with Crippen molar-refractivity contribution < 1.29 is 0 Å². The van der Waals surface area contributed by atoms with Gasteiger partial charge in [0.25, 0.3) is 0 Å². The predicted octanol–water partition coefficient (Wildman–Crippen LogP) is 3.03. The summed E-state index contributed by atoms with van der Waals surface area (Å²) in [6.45, 7) is 2.61. The highest BCUT2D eigenvalue weighted by Gasteiger charge is 2.10. The van der Waals surface area contributed by atoms with Crippen molar-refractivity contribution in [3.63, 3.8) is 0 Å². The van der Waals surface area contributed by atoms with Gasteiger partial charge in [0.05, 0.1) is 6.54 Å². The fraction of sp³-hybridized carbons (Fsp3) is 0.500. The Morgan fingerprint density at radius 3 is 2.50 bits per heavy atom. The normalized spacial score (nSPS) is 17.6. The molecule has 0 amide bonds. The molecule has 0 radical (unpaired) electrons. The van der Waals surface area contributed by atoms with Gasteiger partial charge < -0.3 is 10.6 Å². The molecule has 1 aliphatic heterocycles. The van der Waals surface area contributed by atoms with Crippen LogP contribution >= 0.6 is 11.6 Å². The molecule has 1 heterocycles. The maximum absolute atomic E-state index is 6.10. The second-order valence-corrected chi connectivity index (χ2v) is 5.07. The molecule has 18 heavy (non-hydrogen) atoms. The van der Waals surface area contributed by atoms with E-state index in [2.05, 4.69) is 9.89 Å². The molecule has 3 nitrogen and oxygen atoms in total. The minimum Gasteiger partial charge on any atom is -0.370 e. The number of nitrogens with zero attached hydrogens (tertiary/aromatic N) is 2. The lowest BCUT2D eigenvalue weighted by atomic mass is 10.2. The maximum atomic E-state index is 6.10. The Morgan fingerprint density at radius 2 is 1.83 bits per heavy atom. The number of aliphatic imine (C=N–C) groups is 1. The zero-order chi connectivity index (χ0) is 12.8. The average molecular weight is 266 g/mol. The van der Waals surface area contributed by atoms with Crippen LogP contribution in [-0.2, 0) is 6.54 Å². The van der Waals surface area contributed by atoms with E-state index in [-0.39, 0.29) is 0 Å². The highest BCUT2D eigenvalue weighted by Crippen LogP contribution is 2.16. The minimum absolute atomic E-state index is 0.558. The first-order chi connectivity index (χ1) is 8.77. The lowest BCUT2D eigenvalue weighted by Gasteiger charge is -2.21. The van der Waals surface area contributed by atoms with Crippen molar-refractivity contribution in [3.05, 3.63) is 34.9 Å². The predicted molar refractivity (Wildman–Crippen MR) is 76.8 cm³/mol. The molecule has 1 saturated heterocycles. The molecule has 1 fully saturated rings. The van der Waals surface area contributed by atoms with E-state index in [0.717, 1.165) is 23.7 Å². The Kier molecular flexibility index (Phi) is 4.88. The number of hydrogen-bond acceptors (Lipinski definition) is 1. The molecule has 0 spiro atoms. The molecule has 0 aromatic heterocycles. The van der Waals surface area contributed by atoms with E-state index >= 15 is 0 Å². The third kappa shape index (κ3) is 3.64. The third-order valence-electron chi connectivity index (χ3n) is 3.30. The number of nitrogens with two attached hydrogens (primary N) is 1. The lowest BCUT2D eigenvalue weighted by molar-refractivity contribution is 0.428. The average Bonchev–Trinajstić information content (AvgIpc) is 2.66. The van der Waals surface area contributed by atoms with Gasteiger partial charge in [-0.05, 0) is 24.5 Å². The van der Waals surface area contributed by atoms with Gasteiger partial charge in [-0.25, -0.2) is 4.99 Å². The number of likely N-dealkylation sites (tertiary alicyclic amines) is 1. The van der Waals surface area contributed by atoms with Crippen molar-refractivity contribution in [1.82, 2.24) is 4.90 Å². The van der Waals surface area contributed by atoms with Gasteiger partial charge in [-0.2, -0.15) is 0 Å². The number of rotatable bonds is 2. The first kappa shape index (κ1) is 13.2. The molecule has 1 aliphatic rings. The van der Waals surface area contributed by atoms with Crippen molar-refractivity contribution in [2.24, 2.45) is 10.7 Å². The summed E-state index contributed by atoms with van der Waals surface area (Å²) in [5, 5.41) is 0.755. The summed E-state index contributed by atoms with van der Waals surface area (Å²) in [4.78, 5) is 6.64. The quantitative estimate of drug-likeness (QED) is 0.660. The van der Waals surface area contributed by atoms with Gasteiger partial charge in [-0.3, -0.25) is 0 Å². The zero-order valence-electron chi connectivity index (χ0n) is 10.6. The molecule has 4 heteroatoms. The molecule has 2 rings (SSSR count). The van der Waals surface area contributed by atoms with Gasteiger partial charge in [-0.15, -0.1) is 0 Å². The minimum atomic E-state index is 0.558. The SMILES string of the molecule is NC(=NCc1ccccc1Cl)N1CCCCCC1. The maximum Gasteiger partial charge on any atom is 0.191 e. The summed E-state index contributed by atoms with van der Waals surface area (Å²) < 4.78 is 0. The highest BCUT2D eigenvalue weighted by atomic mass is 35.5. The van der Waals surface area contributed by atoms with E-state index in [1.54, 1.807) is 0 Å².